The van der Waals surface area contributed by atoms with Gasteiger partial charge in [0.15, 0.2) is 0 Å². The maximum Gasteiger partial charge on any atom is 0.311 e. The summed E-state index contributed by atoms with van der Waals surface area (Å²) in [5, 5.41) is 9.13. The zero-order valence-electron chi connectivity index (χ0n) is 12.3. The van der Waals surface area contributed by atoms with E-state index < -0.39 is 17.9 Å². The molecule has 2 heterocycles. The van der Waals surface area contributed by atoms with Gasteiger partial charge < -0.3 is 19.6 Å². The van der Waals surface area contributed by atoms with Crippen molar-refractivity contribution in [1.82, 2.24) is 9.80 Å². The van der Waals surface area contributed by atoms with Crippen molar-refractivity contribution < 1.29 is 24.2 Å². The average molecular weight is 298 g/mol. The highest BCUT2D eigenvalue weighted by atomic mass is 16.5. The molecular formula is C14H22N2O5. The SMILES string of the molecule is CN(C(=O)CN1CCCCCC1=O)C1COCC1C(=O)O. The second-order valence-corrected chi connectivity index (χ2v) is 5.68. The van der Waals surface area contributed by atoms with Crippen molar-refractivity contribution in [3.05, 3.63) is 0 Å². The Morgan fingerprint density at radius 1 is 1.33 bits per heavy atom. The predicted octanol–water partition coefficient (Wildman–Crippen LogP) is -0.0530. The summed E-state index contributed by atoms with van der Waals surface area (Å²) in [7, 11) is 1.58. The van der Waals surface area contributed by atoms with Crippen LogP contribution in [-0.4, -0.2) is 72.1 Å². The van der Waals surface area contributed by atoms with Crippen molar-refractivity contribution in [2.24, 2.45) is 5.92 Å². The number of aliphatic carboxylic acids is 1. The van der Waals surface area contributed by atoms with Crippen molar-refractivity contribution in [3.8, 4) is 0 Å². The second kappa shape index (κ2) is 6.89. The van der Waals surface area contributed by atoms with Gasteiger partial charge >= 0.3 is 5.97 Å². The molecule has 2 rings (SSSR count). The third-order valence-electron chi connectivity index (χ3n) is 4.26. The zero-order chi connectivity index (χ0) is 15.4. The van der Waals surface area contributed by atoms with Crippen LogP contribution in [0.5, 0.6) is 0 Å². The number of hydrogen-bond acceptors (Lipinski definition) is 4. The van der Waals surface area contributed by atoms with Gasteiger partial charge in [0.25, 0.3) is 0 Å². The van der Waals surface area contributed by atoms with Crippen LogP contribution >= 0.6 is 0 Å². The molecule has 0 saturated carbocycles. The molecule has 0 aromatic carbocycles. The average Bonchev–Trinajstić information content (AvgIpc) is 2.85. The summed E-state index contributed by atoms with van der Waals surface area (Å²) in [6.45, 7) is 0.980. The number of carbonyl (C=O) groups is 3. The van der Waals surface area contributed by atoms with E-state index in [9.17, 15) is 14.4 Å². The minimum absolute atomic E-state index is 0.00621. The van der Waals surface area contributed by atoms with Gasteiger partial charge in [-0.15, -0.1) is 0 Å². The molecule has 2 aliphatic heterocycles. The first-order chi connectivity index (χ1) is 10.0. The Bertz CT molecular complexity index is 426. The zero-order valence-corrected chi connectivity index (χ0v) is 12.3. The van der Waals surface area contributed by atoms with Crippen LogP contribution in [0.4, 0.5) is 0 Å². The standard InChI is InChI=1S/C14H22N2O5/c1-15(11-9-21-8-10(11)14(19)20)13(18)7-16-6-4-2-3-5-12(16)17/h10-11H,2-9H2,1H3,(H,19,20). The van der Waals surface area contributed by atoms with Crippen LogP contribution in [0.2, 0.25) is 0 Å². The summed E-state index contributed by atoms with van der Waals surface area (Å²) in [4.78, 5) is 38.4. The van der Waals surface area contributed by atoms with Gasteiger partial charge in [0.2, 0.25) is 11.8 Å². The van der Waals surface area contributed by atoms with E-state index >= 15 is 0 Å². The predicted molar refractivity (Wildman–Crippen MR) is 73.6 cm³/mol. The van der Waals surface area contributed by atoms with Crippen LogP contribution in [0.3, 0.4) is 0 Å². The Balaban J connectivity index is 1.95. The van der Waals surface area contributed by atoms with Crippen molar-refractivity contribution in [2.45, 2.75) is 31.7 Å². The van der Waals surface area contributed by atoms with E-state index in [4.69, 9.17) is 9.84 Å². The Morgan fingerprint density at radius 3 is 2.81 bits per heavy atom. The van der Waals surface area contributed by atoms with Gasteiger partial charge in [-0.2, -0.15) is 0 Å². The van der Waals surface area contributed by atoms with Gasteiger partial charge in [-0.05, 0) is 12.8 Å². The molecule has 21 heavy (non-hydrogen) atoms. The summed E-state index contributed by atoms with van der Waals surface area (Å²) in [6.07, 6.45) is 3.27. The molecule has 7 nitrogen and oxygen atoms in total. The second-order valence-electron chi connectivity index (χ2n) is 5.68. The highest BCUT2D eigenvalue weighted by Gasteiger charge is 2.38. The van der Waals surface area contributed by atoms with E-state index in [-0.39, 0.29) is 31.6 Å². The van der Waals surface area contributed by atoms with Crippen molar-refractivity contribution >= 4 is 17.8 Å². The summed E-state index contributed by atoms with van der Waals surface area (Å²) in [5.41, 5.74) is 0. The van der Waals surface area contributed by atoms with Crippen molar-refractivity contribution in [2.75, 3.05) is 33.4 Å². The molecule has 7 heteroatoms. The first kappa shape index (κ1) is 15.8. The fourth-order valence-corrected chi connectivity index (χ4v) is 2.83. The Kier molecular flexibility index (Phi) is 5.17. The molecule has 2 fully saturated rings. The number of carboxylic acid groups (broad SMARTS) is 1. The number of ether oxygens (including phenoxy) is 1. The molecule has 0 aliphatic carbocycles. The molecule has 2 atom stereocenters. The third kappa shape index (κ3) is 3.72. The first-order valence-corrected chi connectivity index (χ1v) is 7.34. The number of carbonyl (C=O) groups excluding carboxylic acids is 2. The van der Waals surface area contributed by atoms with E-state index in [1.165, 1.54) is 4.90 Å². The lowest BCUT2D eigenvalue weighted by molar-refractivity contribution is -0.146. The van der Waals surface area contributed by atoms with Crippen LogP contribution in [0, 0.1) is 5.92 Å². The summed E-state index contributed by atoms with van der Waals surface area (Å²) in [5.74, 6) is -1.87. The molecule has 1 N–H and O–H groups in total. The lowest BCUT2D eigenvalue weighted by Crippen LogP contribution is -2.48. The molecular weight excluding hydrogens is 276 g/mol. The molecule has 2 aliphatic rings. The normalized spacial score (nSPS) is 26.5. The monoisotopic (exact) mass is 298 g/mol. The molecule has 0 aromatic heterocycles. The van der Waals surface area contributed by atoms with Crippen LogP contribution < -0.4 is 0 Å². The maximum atomic E-state index is 12.3. The fourth-order valence-electron chi connectivity index (χ4n) is 2.83. The molecule has 2 unspecified atom stereocenters. The molecule has 0 radical (unpaired) electrons. The van der Waals surface area contributed by atoms with E-state index in [1.807, 2.05) is 0 Å². The molecule has 2 amide bonds. The maximum absolute atomic E-state index is 12.3. The number of amides is 2. The van der Waals surface area contributed by atoms with Gasteiger partial charge in [0.1, 0.15) is 5.92 Å². The van der Waals surface area contributed by atoms with E-state index in [1.54, 1.807) is 11.9 Å². The van der Waals surface area contributed by atoms with E-state index in [0.29, 0.717) is 13.0 Å². The van der Waals surface area contributed by atoms with Gasteiger partial charge in [-0.1, -0.05) is 6.42 Å². The minimum Gasteiger partial charge on any atom is -0.481 e. The highest BCUT2D eigenvalue weighted by Crippen LogP contribution is 2.19. The first-order valence-electron chi connectivity index (χ1n) is 7.34. The molecule has 118 valence electrons. The number of likely N-dealkylation sites (tertiary alicyclic amines) is 1. The van der Waals surface area contributed by atoms with Crippen molar-refractivity contribution in [1.29, 1.82) is 0 Å². The van der Waals surface area contributed by atoms with Gasteiger partial charge in [0.05, 0.1) is 25.8 Å². The quantitative estimate of drug-likeness (QED) is 0.786. The van der Waals surface area contributed by atoms with Crippen molar-refractivity contribution in [3.63, 3.8) is 0 Å². The number of hydrogen-bond donors (Lipinski definition) is 1. The molecule has 0 aromatic rings. The van der Waals surface area contributed by atoms with E-state index in [2.05, 4.69) is 0 Å². The van der Waals surface area contributed by atoms with Crippen LogP contribution in [-0.2, 0) is 19.1 Å². The smallest absolute Gasteiger partial charge is 0.311 e. The number of carboxylic acids is 1. The van der Waals surface area contributed by atoms with Crippen LogP contribution in [0.1, 0.15) is 25.7 Å². The van der Waals surface area contributed by atoms with Crippen LogP contribution in [0.25, 0.3) is 0 Å². The number of rotatable bonds is 4. The largest absolute Gasteiger partial charge is 0.481 e. The minimum atomic E-state index is -0.956. The lowest BCUT2D eigenvalue weighted by Gasteiger charge is -2.29. The number of likely N-dealkylation sites (N-methyl/N-ethyl adjacent to an activating group) is 1. The van der Waals surface area contributed by atoms with Crippen LogP contribution in [0.15, 0.2) is 0 Å². The molecule has 0 bridgehead atoms. The highest BCUT2D eigenvalue weighted by molar-refractivity contribution is 5.85. The summed E-state index contributed by atoms with van der Waals surface area (Å²) in [6, 6.07) is -0.461. The lowest BCUT2D eigenvalue weighted by atomic mass is 10.0. The Hall–Kier alpha value is -1.63. The topological polar surface area (TPSA) is 87.2 Å². The van der Waals surface area contributed by atoms with Gasteiger partial charge in [0, 0.05) is 20.0 Å². The Labute approximate surface area is 123 Å². The Morgan fingerprint density at radius 2 is 2.10 bits per heavy atom. The fraction of sp³-hybridized carbons (Fsp3) is 0.786. The van der Waals surface area contributed by atoms with Gasteiger partial charge in [-0.3, -0.25) is 14.4 Å². The molecule has 0 spiro atoms. The number of nitrogens with zero attached hydrogens (tertiary/aromatic N) is 2. The summed E-state index contributed by atoms with van der Waals surface area (Å²) >= 11 is 0. The van der Waals surface area contributed by atoms with Gasteiger partial charge in [-0.25, -0.2) is 0 Å². The molecule has 2 saturated heterocycles. The van der Waals surface area contributed by atoms with E-state index in [0.717, 1.165) is 19.3 Å². The third-order valence-corrected chi connectivity index (χ3v) is 4.26. The summed E-state index contributed by atoms with van der Waals surface area (Å²) < 4.78 is 5.18.